The average molecular weight is 327 g/mol. The maximum atomic E-state index is 10.5. The minimum atomic E-state index is -0.805. The number of carboxylic acids is 1. The molecule has 0 bridgehead atoms. The Balaban J connectivity index is 0.00000242. The van der Waals surface area contributed by atoms with Gasteiger partial charge < -0.3 is 14.3 Å². The number of halogens is 1. The number of rotatable bonds is 7. The fraction of sp³-hybridized carbons (Fsp3) is 0.333. The lowest BCUT2D eigenvalue weighted by Gasteiger charge is -2.12. The van der Waals surface area contributed by atoms with Crippen molar-refractivity contribution in [3.8, 4) is 17.2 Å². The average Bonchev–Trinajstić information content (AvgIpc) is 2.93. The third-order valence-electron chi connectivity index (χ3n) is 3.03. The molecule has 0 atom stereocenters. The number of oxazole rings is 1. The van der Waals surface area contributed by atoms with Crippen LogP contribution in [0.5, 0.6) is 5.75 Å². The Morgan fingerprint density at radius 3 is 2.64 bits per heavy atom. The molecule has 6 nitrogen and oxygen atoms in total. The second kappa shape index (κ2) is 8.41. The summed E-state index contributed by atoms with van der Waals surface area (Å²) in [7, 11) is 3.47. The first kappa shape index (κ1) is 18.0. The second-order valence-corrected chi connectivity index (χ2v) is 4.75. The summed E-state index contributed by atoms with van der Waals surface area (Å²) in [6.45, 7) is 1.02. The minimum absolute atomic E-state index is 0. The summed E-state index contributed by atoms with van der Waals surface area (Å²) in [6, 6.07) is 7.45. The molecule has 22 heavy (non-hydrogen) atoms. The number of aliphatic carboxylic acids is 1. The van der Waals surface area contributed by atoms with E-state index in [4.69, 9.17) is 14.3 Å². The van der Waals surface area contributed by atoms with E-state index < -0.39 is 5.97 Å². The molecule has 7 heteroatoms. The lowest BCUT2D eigenvalue weighted by Crippen LogP contribution is -2.21. The van der Waals surface area contributed by atoms with Crippen LogP contribution in [0.1, 0.15) is 12.1 Å². The Bertz CT molecular complexity index is 598. The summed E-state index contributed by atoms with van der Waals surface area (Å²) in [5.41, 5.74) is 1.64. The number of aromatic nitrogens is 1. The highest BCUT2D eigenvalue weighted by molar-refractivity contribution is 5.85. The highest BCUT2D eigenvalue weighted by Gasteiger charge is 2.09. The van der Waals surface area contributed by atoms with Gasteiger partial charge in [-0.2, -0.15) is 0 Å². The fourth-order valence-corrected chi connectivity index (χ4v) is 1.89. The van der Waals surface area contributed by atoms with Gasteiger partial charge in [0.1, 0.15) is 12.0 Å². The Kier molecular flexibility index (Phi) is 6.88. The van der Waals surface area contributed by atoms with Crippen LogP contribution in [0.3, 0.4) is 0 Å². The summed E-state index contributed by atoms with van der Waals surface area (Å²) in [5.74, 6) is 0.513. The van der Waals surface area contributed by atoms with E-state index in [0.29, 0.717) is 19.0 Å². The van der Waals surface area contributed by atoms with Crippen molar-refractivity contribution >= 4 is 18.4 Å². The number of benzene rings is 1. The van der Waals surface area contributed by atoms with Gasteiger partial charge in [-0.15, -0.1) is 12.4 Å². The van der Waals surface area contributed by atoms with Gasteiger partial charge in [0.2, 0.25) is 5.89 Å². The van der Waals surface area contributed by atoms with Gasteiger partial charge in [0.05, 0.1) is 19.2 Å². The number of carbonyl (C=O) groups is 1. The molecule has 0 amide bonds. The molecule has 0 saturated carbocycles. The molecule has 1 aromatic heterocycles. The number of methoxy groups -OCH3 is 1. The van der Waals surface area contributed by atoms with E-state index in [0.717, 1.165) is 17.0 Å². The Morgan fingerprint density at radius 1 is 1.36 bits per heavy atom. The fourth-order valence-electron chi connectivity index (χ4n) is 1.89. The van der Waals surface area contributed by atoms with Crippen molar-refractivity contribution in [1.29, 1.82) is 0 Å². The number of ether oxygens (including phenoxy) is 1. The summed E-state index contributed by atoms with van der Waals surface area (Å²) in [4.78, 5) is 16.8. The predicted octanol–water partition coefficient (Wildman–Crippen LogP) is 2.68. The van der Waals surface area contributed by atoms with E-state index in [2.05, 4.69) is 4.98 Å². The molecule has 2 rings (SSSR count). The molecule has 0 fully saturated rings. The molecule has 1 aromatic carbocycles. The van der Waals surface area contributed by atoms with Gasteiger partial charge >= 0.3 is 5.97 Å². The molecular weight excluding hydrogens is 308 g/mol. The van der Waals surface area contributed by atoms with E-state index in [1.165, 1.54) is 0 Å². The van der Waals surface area contributed by atoms with Gasteiger partial charge in [0, 0.05) is 18.7 Å². The van der Waals surface area contributed by atoms with Gasteiger partial charge in [-0.3, -0.25) is 9.69 Å². The third-order valence-corrected chi connectivity index (χ3v) is 3.03. The summed E-state index contributed by atoms with van der Waals surface area (Å²) >= 11 is 0. The Labute approximate surface area is 135 Å². The summed E-state index contributed by atoms with van der Waals surface area (Å²) < 4.78 is 10.6. The SMILES string of the molecule is COc1ccc(-c2nc(CN(C)CCC(=O)O)co2)cc1.Cl. The highest BCUT2D eigenvalue weighted by atomic mass is 35.5. The van der Waals surface area contributed by atoms with Crippen molar-refractivity contribution in [1.82, 2.24) is 9.88 Å². The largest absolute Gasteiger partial charge is 0.497 e. The predicted molar refractivity (Wildman–Crippen MR) is 84.3 cm³/mol. The van der Waals surface area contributed by atoms with Gasteiger partial charge in [0.15, 0.2) is 0 Å². The maximum absolute atomic E-state index is 10.5. The Hall–Kier alpha value is -2.05. The quantitative estimate of drug-likeness (QED) is 0.843. The molecular formula is C15H19ClN2O4. The van der Waals surface area contributed by atoms with Gasteiger partial charge in [-0.05, 0) is 31.3 Å². The number of hydrogen-bond acceptors (Lipinski definition) is 5. The van der Waals surface area contributed by atoms with Crippen LogP contribution in [0.15, 0.2) is 34.9 Å². The van der Waals surface area contributed by atoms with E-state index in [1.54, 1.807) is 13.4 Å². The van der Waals surface area contributed by atoms with Crippen LogP contribution < -0.4 is 4.74 Å². The van der Waals surface area contributed by atoms with Crippen LogP contribution in [0.25, 0.3) is 11.5 Å². The molecule has 0 spiro atoms. The Morgan fingerprint density at radius 2 is 2.05 bits per heavy atom. The van der Waals surface area contributed by atoms with Crippen molar-refractivity contribution in [2.75, 3.05) is 20.7 Å². The molecule has 120 valence electrons. The van der Waals surface area contributed by atoms with Crippen molar-refractivity contribution in [2.45, 2.75) is 13.0 Å². The van der Waals surface area contributed by atoms with Crippen molar-refractivity contribution in [2.24, 2.45) is 0 Å². The van der Waals surface area contributed by atoms with E-state index in [-0.39, 0.29) is 18.8 Å². The number of hydrogen-bond donors (Lipinski definition) is 1. The molecule has 0 saturated heterocycles. The van der Waals surface area contributed by atoms with Gasteiger partial charge in [-0.25, -0.2) is 4.98 Å². The van der Waals surface area contributed by atoms with Crippen LogP contribution in [0.4, 0.5) is 0 Å². The van der Waals surface area contributed by atoms with Crippen molar-refractivity contribution in [3.05, 3.63) is 36.2 Å². The lowest BCUT2D eigenvalue weighted by molar-refractivity contribution is -0.137. The molecule has 0 unspecified atom stereocenters. The van der Waals surface area contributed by atoms with Crippen LogP contribution in [-0.2, 0) is 11.3 Å². The maximum Gasteiger partial charge on any atom is 0.304 e. The van der Waals surface area contributed by atoms with Gasteiger partial charge in [0.25, 0.3) is 0 Å². The van der Waals surface area contributed by atoms with E-state index in [1.807, 2.05) is 36.2 Å². The van der Waals surface area contributed by atoms with Crippen LogP contribution >= 0.6 is 12.4 Å². The zero-order chi connectivity index (χ0) is 15.2. The summed E-state index contributed by atoms with van der Waals surface area (Å²) in [5, 5.41) is 8.65. The molecule has 1 N–H and O–H groups in total. The van der Waals surface area contributed by atoms with E-state index >= 15 is 0 Å². The van der Waals surface area contributed by atoms with Crippen molar-refractivity contribution < 1.29 is 19.1 Å². The minimum Gasteiger partial charge on any atom is -0.497 e. The first-order valence-electron chi connectivity index (χ1n) is 6.57. The molecule has 0 radical (unpaired) electrons. The highest BCUT2D eigenvalue weighted by Crippen LogP contribution is 2.22. The molecule has 0 aliphatic heterocycles. The summed E-state index contributed by atoms with van der Waals surface area (Å²) in [6.07, 6.45) is 1.70. The monoisotopic (exact) mass is 326 g/mol. The molecule has 0 aliphatic rings. The third kappa shape index (κ3) is 5.05. The van der Waals surface area contributed by atoms with Gasteiger partial charge in [-0.1, -0.05) is 0 Å². The topological polar surface area (TPSA) is 75.8 Å². The first-order chi connectivity index (χ1) is 10.1. The second-order valence-electron chi connectivity index (χ2n) is 4.75. The van der Waals surface area contributed by atoms with Crippen LogP contribution in [0.2, 0.25) is 0 Å². The van der Waals surface area contributed by atoms with E-state index in [9.17, 15) is 4.79 Å². The molecule has 2 aromatic rings. The normalized spacial score (nSPS) is 10.3. The smallest absolute Gasteiger partial charge is 0.304 e. The van der Waals surface area contributed by atoms with Crippen LogP contribution in [-0.4, -0.2) is 41.7 Å². The standard InChI is InChI=1S/C15H18N2O4.ClH/c1-17(8-7-14(18)19)9-12-10-21-15(16-12)11-3-5-13(20-2)6-4-11;/h3-6,10H,7-9H2,1-2H3,(H,18,19);1H. The zero-order valence-electron chi connectivity index (χ0n) is 12.5. The molecule has 1 heterocycles. The number of nitrogens with zero attached hydrogens (tertiary/aromatic N) is 2. The van der Waals surface area contributed by atoms with Crippen molar-refractivity contribution in [3.63, 3.8) is 0 Å². The lowest BCUT2D eigenvalue weighted by atomic mass is 10.2. The number of carboxylic acid groups (broad SMARTS) is 1. The van der Waals surface area contributed by atoms with Crippen LogP contribution in [0, 0.1) is 0 Å². The zero-order valence-corrected chi connectivity index (χ0v) is 13.3. The molecule has 0 aliphatic carbocycles. The first-order valence-corrected chi connectivity index (χ1v) is 6.57.